The van der Waals surface area contributed by atoms with Gasteiger partial charge in [-0.3, -0.25) is 4.79 Å². The molecule has 3 rings (SSSR count). The van der Waals surface area contributed by atoms with Crippen molar-refractivity contribution in [2.45, 2.75) is 58.5 Å². The molecule has 0 saturated heterocycles. The molecule has 138 valence electrons. The number of Topliss-reactive ketones (excluding diaryl/α,β-unsaturated/α-hetero) is 1. The first-order chi connectivity index (χ1) is 12.5. The van der Waals surface area contributed by atoms with Crippen LogP contribution in [0.15, 0.2) is 48.1 Å². The van der Waals surface area contributed by atoms with Crippen molar-refractivity contribution in [1.82, 2.24) is 0 Å². The second kappa shape index (κ2) is 8.48. The summed E-state index contributed by atoms with van der Waals surface area (Å²) in [5.74, 6) is 0.595. The van der Waals surface area contributed by atoms with Gasteiger partial charge in [0.05, 0.1) is 5.56 Å². The lowest BCUT2D eigenvalue weighted by Gasteiger charge is -2.28. The Kier molecular flexibility index (Phi) is 6.08. The Labute approximate surface area is 156 Å². The third-order valence-electron chi connectivity index (χ3n) is 5.54. The highest BCUT2D eigenvalue weighted by molar-refractivity contribution is 5.89. The van der Waals surface area contributed by atoms with Gasteiger partial charge in [-0.1, -0.05) is 41.5 Å². The van der Waals surface area contributed by atoms with E-state index in [1.165, 1.54) is 5.57 Å². The first kappa shape index (κ1) is 18.6. The number of allylic oxidation sites excluding steroid dienone is 4. The van der Waals surface area contributed by atoms with Crippen LogP contribution in [-0.2, 0) is 9.53 Å². The molecule has 1 saturated carbocycles. The zero-order valence-electron chi connectivity index (χ0n) is 15.7. The Morgan fingerprint density at radius 2 is 1.73 bits per heavy atom. The van der Waals surface area contributed by atoms with Gasteiger partial charge >= 0.3 is 5.97 Å². The second-order valence-electron chi connectivity index (χ2n) is 7.73. The minimum atomic E-state index is -0.237. The van der Waals surface area contributed by atoms with Gasteiger partial charge in [-0.05, 0) is 64.0 Å². The fourth-order valence-electron chi connectivity index (χ4n) is 3.76. The molecule has 1 aromatic rings. The third kappa shape index (κ3) is 4.94. The molecule has 3 nitrogen and oxygen atoms in total. The fourth-order valence-corrected chi connectivity index (χ4v) is 3.76. The number of hydrogen-bond acceptors (Lipinski definition) is 3. The SMILES string of the molecule is CC1=CCC(C(=O)CC2CCC(OC(=O)c3ccc(C)cc3)CC2)C=C1. The van der Waals surface area contributed by atoms with Gasteiger partial charge in [-0.15, -0.1) is 0 Å². The summed E-state index contributed by atoms with van der Waals surface area (Å²) in [5, 5.41) is 0. The van der Waals surface area contributed by atoms with Gasteiger partial charge in [0.25, 0.3) is 0 Å². The molecule has 1 unspecified atom stereocenters. The standard InChI is InChI=1S/C23H28O3/c1-16-3-9-19(10-4-16)22(24)15-18-7-13-21(14-8-18)26-23(25)20-11-5-17(2)6-12-20/h3-6,9,11-12,18-19,21H,7-8,10,13-15H2,1-2H3. The van der Waals surface area contributed by atoms with Crippen molar-refractivity contribution >= 4 is 11.8 Å². The van der Waals surface area contributed by atoms with E-state index in [0.29, 0.717) is 23.7 Å². The van der Waals surface area contributed by atoms with E-state index < -0.39 is 0 Å². The summed E-state index contributed by atoms with van der Waals surface area (Å²) in [4.78, 5) is 24.7. The predicted octanol–water partition coefficient (Wildman–Crippen LogP) is 5.19. The van der Waals surface area contributed by atoms with Crippen molar-refractivity contribution in [3.8, 4) is 0 Å². The molecule has 1 fully saturated rings. The summed E-state index contributed by atoms with van der Waals surface area (Å²) in [5.41, 5.74) is 2.98. The third-order valence-corrected chi connectivity index (χ3v) is 5.54. The Hall–Kier alpha value is -2.16. The van der Waals surface area contributed by atoms with Crippen molar-refractivity contribution in [3.63, 3.8) is 0 Å². The topological polar surface area (TPSA) is 43.4 Å². The molecule has 0 spiro atoms. The molecule has 0 aliphatic heterocycles. The number of aryl methyl sites for hydroxylation is 1. The number of carbonyl (C=O) groups is 2. The number of benzene rings is 1. The molecule has 0 radical (unpaired) electrons. The van der Waals surface area contributed by atoms with Crippen LogP contribution in [0.25, 0.3) is 0 Å². The molecule has 0 amide bonds. The van der Waals surface area contributed by atoms with Crippen LogP contribution in [0.4, 0.5) is 0 Å². The number of hydrogen-bond donors (Lipinski definition) is 0. The maximum absolute atomic E-state index is 12.5. The summed E-state index contributed by atoms with van der Waals surface area (Å²) < 4.78 is 5.66. The van der Waals surface area contributed by atoms with Crippen LogP contribution in [0, 0.1) is 18.8 Å². The lowest BCUT2D eigenvalue weighted by Crippen LogP contribution is -2.26. The van der Waals surface area contributed by atoms with E-state index in [-0.39, 0.29) is 18.0 Å². The number of rotatable bonds is 5. The quantitative estimate of drug-likeness (QED) is 0.685. The predicted molar refractivity (Wildman–Crippen MR) is 103 cm³/mol. The second-order valence-corrected chi connectivity index (χ2v) is 7.73. The van der Waals surface area contributed by atoms with Crippen LogP contribution < -0.4 is 0 Å². The molecular weight excluding hydrogens is 324 g/mol. The molecule has 26 heavy (non-hydrogen) atoms. The van der Waals surface area contributed by atoms with Gasteiger partial charge in [0, 0.05) is 12.3 Å². The molecule has 0 N–H and O–H groups in total. The number of carbonyl (C=O) groups excluding carboxylic acids is 2. The summed E-state index contributed by atoms with van der Waals surface area (Å²) in [7, 11) is 0. The van der Waals surface area contributed by atoms with E-state index in [1.807, 2.05) is 43.3 Å². The van der Waals surface area contributed by atoms with Crippen molar-refractivity contribution in [1.29, 1.82) is 0 Å². The number of ether oxygens (including phenoxy) is 1. The highest BCUT2D eigenvalue weighted by atomic mass is 16.5. The summed E-state index contributed by atoms with van der Waals surface area (Å²) in [6.45, 7) is 4.06. The first-order valence-electron chi connectivity index (χ1n) is 9.66. The molecule has 1 atom stereocenters. The van der Waals surface area contributed by atoms with Crippen LogP contribution in [0.1, 0.15) is 61.4 Å². The Bertz CT molecular complexity index is 703. The monoisotopic (exact) mass is 352 g/mol. The van der Waals surface area contributed by atoms with E-state index in [9.17, 15) is 9.59 Å². The molecule has 2 aliphatic rings. The molecule has 0 aromatic heterocycles. The van der Waals surface area contributed by atoms with Crippen molar-refractivity contribution in [2.24, 2.45) is 11.8 Å². The van der Waals surface area contributed by atoms with Gasteiger partial charge in [-0.2, -0.15) is 0 Å². The first-order valence-corrected chi connectivity index (χ1v) is 9.66. The van der Waals surface area contributed by atoms with Crippen LogP contribution in [0.5, 0.6) is 0 Å². The van der Waals surface area contributed by atoms with Crippen LogP contribution in [0.2, 0.25) is 0 Å². The van der Waals surface area contributed by atoms with E-state index in [0.717, 1.165) is 37.7 Å². The Morgan fingerprint density at radius 1 is 1.04 bits per heavy atom. The van der Waals surface area contributed by atoms with Crippen LogP contribution >= 0.6 is 0 Å². The number of esters is 1. The summed E-state index contributed by atoms with van der Waals surface area (Å²) >= 11 is 0. The van der Waals surface area contributed by atoms with Crippen LogP contribution in [0.3, 0.4) is 0 Å². The molecular formula is C23H28O3. The van der Waals surface area contributed by atoms with Gasteiger partial charge < -0.3 is 4.74 Å². The normalized spacial score (nSPS) is 25.5. The highest BCUT2D eigenvalue weighted by Gasteiger charge is 2.27. The van der Waals surface area contributed by atoms with Gasteiger partial charge in [0.15, 0.2) is 0 Å². The molecule has 0 heterocycles. The molecule has 3 heteroatoms. The lowest BCUT2D eigenvalue weighted by atomic mass is 9.81. The van der Waals surface area contributed by atoms with Crippen molar-refractivity contribution in [3.05, 3.63) is 59.2 Å². The van der Waals surface area contributed by atoms with Gasteiger partial charge in [0.1, 0.15) is 11.9 Å². The smallest absolute Gasteiger partial charge is 0.338 e. The summed E-state index contributed by atoms with van der Waals surface area (Å²) in [6, 6.07) is 7.48. The fraction of sp³-hybridized carbons (Fsp3) is 0.478. The minimum Gasteiger partial charge on any atom is -0.459 e. The summed E-state index contributed by atoms with van der Waals surface area (Å²) in [6.07, 6.45) is 11.3. The maximum Gasteiger partial charge on any atom is 0.338 e. The number of ketones is 1. The molecule has 2 aliphatic carbocycles. The average Bonchev–Trinajstić information content (AvgIpc) is 2.64. The zero-order valence-corrected chi connectivity index (χ0v) is 15.7. The van der Waals surface area contributed by atoms with Crippen LogP contribution in [-0.4, -0.2) is 17.9 Å². The largest absolute Gasteiger partial charge is 0.459 e. The maximum atomic E-state index is 12.5. The molecule has 1 aromatic carbocycles. The molecule has 0 bridgehead atoms. The highest BCUT2D eigenvalue weighted by Crippen LogP contribution is 2.31. The Balaban J connectivity index is 1.43. The Morgan fingerprint density at radius 3 is 2.35 bits per heavy atom. The van der Waals surface area contributed by atoms with E-state index >= 15 is 0 Å². The lowest BCUT2D eigenvalue weighted by molar-refractivity contribution is -0.122. The van der Waals surface area contributed by atoms with Gasteiger partial charge in [0.2, 0.25) is 0 Å². The average molecular weight is 352 g/mol. The van der Waals surface area contributed by atoms with Crippen molar-refractivity contribution < 1.29 is 14.3 Å². The van der Waals surface area contributed by atoms with Crippen molar-refractivity contribution in [2.75, 3.05) is 0 Å². The van der Waals surface area contributed by atoms with E-state index in [4.69, 9.17) is 4.74 Å². The van der Waals surface area contributed by atoms with E-state index in [1.54, 1.807) is 0 Å². The zero-order chi connectivity index (χ0) is 18.5. The minimum absolute atomic E-state index is 0.0182. The van der Waals surface area contributed by atoms with Gasteiger partial charge in [-0.25, -0.2) is 4.79 Å². The van der Waals surface area contributed by atoms with E-state index in [2.05, 4.69) is 13.0 Å².